The first-order valence-corrected chi connectivity index (χ1v) is 8.14. The van der Waals surface area contributed by atoms with E-state index >= 15 is 0 Å². The summed E-state index contributed by atoms with van der Waals surface area (Å²) in [5.74, 6) is 0.960. The number of amides is 1. The number of aromatic nitrogens is 6. The van der Waals surface area contributed by atoms with Gasteiger partial charge in [-0.1, -0.05) is 0 Å². The van der Waals surface area contributed by atoms with Crippen LogP contribution in [0.25, 0.3) is 5.78 Å². The van der Waals surface area contributed by atoms with Crippen LogP contribution in [0, 0.1) is 13.8 Å². The van der Waals surface area contributed by atoms with Crippen LogP contribution in [-0.4, -0.2) is 53.4 Å². The van der Waals surface area contributed by atoms with Crippen molar-refractivity contribution in [3.8, 4) is 0 Å². The quantitative estimate of drug-likeness (QED) is 0.693. The van der Waals surface area contributed by atoms with E-state index < -0.39 is 0 Å². The van der Waals surface area contributed by atoms with Crippen LogP contribution < -0.4 is 0 Å². The molecule has 0 spiro atoms. The summed E-state index contributed by atoms with van der Waals surface area (Å²) in [6, 6.07) is 1.94. The lowest BCUT2D eigenvalue weighted by Crippen LogP contribution is -2.37. The maximum Gasteiger partial charge on any atom is 0.252 e. The van der Waals surface area contributed by atoms with Crippen LogP contribution in [0.2, 0.25) is 0 Å². The van der Waals surface area contributed by atoms with Crippen molar-refractivity contribution in [2.45, 2.75) is 39.7 Å². The van der Waals surface area contributed by atoms with Crippen LogP contribution in [0.5, 0.6) is 0 Å². The van der Waals surface area contributed by atoms with E-state index in [1.54, 1.807) is 35.1 Å². The fourth-order valence-corrected chi connectivity index (χ4v) is 2.66. The van der Waals surface area contributed by atoms with Gasteiger partial charge in [-0.25, -0.2) is 9.50 Å². The maximum atomic E-state index is 12.6. The Morgan fingerprint density at radius 3 is 2.80 bits per heavy atom. The molecule has 0 fully saturated rings. The molecule has 0 aliphatic heterocycles. The lowest BCUT2D eigenvalue weighted by Gasteiger charge is -2.24. The molecule has 0 radical (unpaired) electrons. The minimum absolute atomic E-state index is 0.00309. The third kappa shape index (κ3) is 3.78. The van der Waals surface area contributed by atoms with Gasteiger partial charge >= 0.3 is 0 Å². The normalized spacial score (nSPS) is 12.3. The summed E-state index contributed by atoms with van der Waals surface area (Å²) < 4.78 is 1.67. The summed E-state index contributed by atoms with van der Waals surface area (Å²) in [5, 5.41) is 4.39. The van der Waals surface area contributed by atoms with Crippen molar-refractivity contribution >= 4 is 11.7 Å². The Morgan fingerprint density at radius 2 is 2.08 bits per heavy atom. The van der Waals surface area contributed by atoms with Crippen molar-refractivity contribution in [3.05, 3.63) is 47.6 Å². The third-order valence-corrected chi connectivity index (χ3v) is 4.15. The van der Waals surface area contributed by atoms with Gasteiger partial charge in [-0.2, -0.15) is 4.98 Å². The van der Waals surface area contributed by atoms with Crippen LogP contribution >= 0.6 is 0 Å². The summed E-state index contributed by atoms with van der Waals surface area (Å²) in [6.45, 7) is 5.84. The molecular formula is C17H21N7O. The van der Waals surface area contributed by atoms with Crippen molar-refractivity contribution in [2.24, 2.45) is 0 Å². The zero-order valence-electron chi connectivity index (χ0n) is 14.8. The number of fused-ring (bicyclic) bond motifs is 1. The number of aryl methyl sites for hydroxylation is 2. The van der Waals surface area contributed by atoms with E-state index in [0.29, 0.717) is 18.0 Å². The summed E-state index contributed by atoms with van der Waals surface area (Å²) in [5.41, 5.74) is 2.68. The molecule has 0 N–H and O–H groups in total. The molecule has 130 valence electrons. The van der Waals surface area contributed by atoms with Gasteiger partial charge < -0.3 is 4.90 Å². The summed E-state index contributed by atoms with van der Waals surface area (Å²) in [6.07, 6.45) is 5.80. The van der Waals surface area contributed by atoms with Gasteiger partial charge in [0.2, 0.25) is 5.91 Å². The molecule has 0 aliphatic rings. The molecule has 8 heteroatoms. The van der Waals surface area contributed by atoms with Crippen molar-refractivity contribution in [3.63, 3.8) is 0 Å². The molecule has 3 aromatic heterocycles. The monoisotopic (exact) mass is 339 g/mol. The zero-order valence-corrected chi connectivity index (χ0v) is 14.8. The zero-order chi connectivity index (χ0) is 18.0. The fourth-order valence-electron chi connectivity index (χ4n) is 2.66. The van der Waals surface area contributed by atoms with Crippen molar-refractivity contribution in [1.29, 1.82) is 0 Å². The third-order valence-electron chi connectivity index (χ3n) is 4.15. The Hall–Kier alpha value is -2.90. The van der Waals surface area contributed by atoms with Crippen molar-refractivity contribution < 1.29 is 4.79 Å². The first-order valence-electron chi connectivity index (χ1n) is 8.14. The molecule has 3 heterocycles. The second kappa shape index (κ2) is 6.92. The molecule has 0 aliphatic carbocycles. The lowest BCUT2D eigenvalue weighted by atomic mass is 10.1. The van der Waals surface area contributed by atoms with Gasteiger partial charge in [0.15, 0.2) is 5.82 Å². The number of nitrogens with zero attached hydrogens (tertiary/aromatic N) is 7. The molecule has 1 unspecified atom stereocenters. The highest BCUT2D eigenvalue weighted by Gasteiger charge is 2.19. The first kappa shape index (κ1) is 16.9. The molecule has 1 atom stereocenters. The average Bonchev–Trinajstić information content (AvgIpc) is 2.97. The van der Waals surface area contributed by atoms with E-state index in [-0.39, 0.29) is 18.4 Å². The fraction of sp³-hybridized carbons (Fsp3) is 0.412. The molecule has 25 heavy (non-hydrogen) atoms. The molecule has 0 aromatic carbocycles. The number of hydrogen-bond donors (Lipinski definition) is 0. The highest BCUT2D eigenvalue weighted by molar-refractivity contribution is 5.78. The summed E-state index contributed by atoms with van der Waals surface area (Å²) >= 11 is 0. The predicted octanol–water partition coefficient (Wildman–Crippen LogP) is 1.16. The Morgan fingerprint density at radius 1 is 1.28 bits per heavy atom. The highest BCUT2D eigenvalue weighted by atomic mass is 16.2. The van der Waals surface area contributed by atoms with Crippen LogP contribution in [-0.2, 0) is 17.6 Å². The van der Waals surface area contributed by atoms with Crippen LogP contribution in [0.4, 0.5) is 0 Å². The molecule has 0 saturated carbocycles. The minimum atomic E-state index is -0.0401. The van der Waals surface area contributed by atoms with Gasteiger partial charge in [-0.05, 0) is 26.8 Å². The topological polar surface area (TPSA) is 89.2 Å². The van der Waals surface area contributed by atoms with E-state index in [9.17, 15) is 4.79 Å². The van der Waals surface area contributed by atoms with E-state index in [1.165, 1.54) is 0 Å². The van der Waals surface area contributed by atoms with Crippen molar-refractivity contribution in [2.75, 3.05) is 7.05 Å². The first-order chi connectivity index (χ1) is 11.9. The Labute approximate surface area is 146 Å². The molecule has 8 nitrogen and oxygen atoms in total. The summed E-state index contributed by atoms with van der Waals surface area (Å²) in [7, 11) is 1.78. The number of likely N-dealkylation sites (N-methyl/N-ethyl adjacent to an activating group) is 1. The van der Waals surface area contributed by atoms with Crippen LogP contribution in [0.15, 0.2) is 24.7 Å². The van der Waals surface area contributed by atoms with E-state index in [4.69, 9.17) is 0 Å². The molecule has 3 rings (SSSR count). The van der Waals surface area contributed by atoms with E-state index in [1.807, 2.05) is 26.8 Å². The molecule has 1 amide bonds. The maximum absolute atomic E-state index is 12.6. The van der Waals surface area contributed by atoms with Gasteiger partial charge in [0.25, 0.3) is 5.78 Å². The van der Waals surface area contributed by atoms with Gasteiger partial charge in [-0.15, -0.1) is 5.10 Å². The second-order valence-corrected chi connectivity index (χ2v) is 6.21. The lowest BCUT2D eigenvalue weighted by molar-refractivity contribution is -0.131. The number of carbonyl (C=O) groups is 1. The average molecular weight is 339 g/mol. The van der Waals surface area contributed by atoms with Gasteiger partial charge in [-0.3, -0.25) is 14.8 Å². The van der Waals surface area contributed by atoms with Gasteiger partial charge in [0, 0.05) is 49.5 Å². The molecular weight excluding hydrogens is 318 g/mol. The second-order valence-electron chi connectivity index (χ2n) is 6.21. The number of hydrogen-bond acceptors (Lipinski definition) is 6. The Kier molecular flexibility index (Phi) is 4.69. The van der Waals surface area contributed by atoms with Gasteiger partial charge in [0.1, 0.15) is 0 Å². The van der Waals surface area contributed by atoms with E-state index in [0.717, 1.165) is 17.1 Å². The van der Waals surface area contributed by atoms with Crippen LogP contribution in [0.3, 0.4) is 0 Å². The highest BCUT2D eigenvalue weighted by Crippen LogP contribution is 2.09. The SMILES string of the molecule is Cc1cc(C)n2nc(CC(=O)N(C)C(C)Cc3cnccn3)nc2n1. The predicted molar refractivity (Wildman–Crippen MR) is 91.9 cm³/mol. The molecule has 0 bridgehead atoms. The molecule has 3 aromatic rings. The summed E-state index contributed by atoms with van der Waals surface area (Å²) in [4.78, 5) is 31.3. The number of carbonyl (C=O) groups excluding carboxylic acids is 1. The van der Waals surface area contributed by atoms with Gasteiger partial charge in [0.05, 0.1) is 12.1 Å². The largest absolute Gasteiger partial charge is 0.342 e. The smallest absolute Gasteiger partial charge is 0.252 e. The Balaban J connectivity index is 1.70. The number of rotatable bonds is 5. The minimum Gasteiger partial charge on any atom is -0.342 e. The Bertz CT molecular complexity index is 891. The standard InChI is InChI=1S/C17H21N7O/c1-11-7-13(3)24-17(20-11)21-15(22-24)9-16(25)23(4)12(2)8-14-10-18-5-6-19-14/h5-7,10,12H,8-9H2,1-4H3. The van der Waals surface area contributed by atoms with Crippen molar-refractivity contribution in [1.82, 2.24) is 34.4 Å². The van der Waals surface area contributed by atoms with Crippen LogP contribution in [0.1, 0.15) is 29.8 Å². The molecule has 0 saturated heterocycles. The van der Waals surface area contributed by atoms with E-state index in [2.05, 4.69) is 25.0 Å².